The molecule has 28 heavy (non-hydrogen) atoms. The first kappa shape index (κ1) is 18.7. The van der Waals surface area contributed by atoms with E-state index >= 15 is 0 Å². The summed E-state index contributed by atoms with van der Waals surface area (Å²) in [6.45, 7) is 2.20. The molecular weight excluding hydrogens is 356 g/mol. The molecule has 4 rings (SSSR count). The molecule has 3 heterocycles. The van der Waals surface area contributed by atoms with Gasteiger partial charge in [-0.05, 0) is 38.6 Å². The SMILES string of the molecule is COc1cccc(OC)c1C(=O)N1CCc2nc([C@@H]3CCCN3C)ncc2C1. The highest BCUT2D eigenvalue weighted by atomic mass is 16.5. The van der Waals surface area contributed by atoms with E-state index in [0.717, 1.165) is 36.5 Å². The van der Waals surface area contributed by atoms with Crippen LogP contribution in [0.25, 0.3) is 0 Å². The van der Waals surface area contributed by atoms with Crippen LogP contribution >= 0.6 is 0 Å². The number of carbonyl (C=O) groups excluding carboxylic acids is 1. The summed E-state index contributed by atoms with van der Waals surface area (Å²) < 4.78 is 10.8. The lowest BCUT2D eigenvalue weighted by Gasteiger charge is -2.29. The zero-order valence-corrected chi connectivity index (χ0v) is 16.6. The second-order valence-corrected chi connectivity index (χ2v) is 7.35. The highest BCUT2D eigenvalue weighted by Gasteiger charge is 2.30. The summed E-state index contributed by atoms with van der Waals surface area (Å²) in [6, 6.07) is 5.68. The quantitative estimate of drug-likeness (QED) is 0.809. The van der Waals surface area contributed by atoms with Crippen molar-refractivity contribution in [1.29, 1.82) is 0 Å². The van der Waals surface area contributed by atoms with Gasteiger partial charge in [-0.25, -0.2) is 9.97 Å². The molecule has 1 saturated heterocycles. The summed E-state index contributed by atoms with van der Waals surface area (Å²) in [5, 5.41) is 0. The second-order valence-electron chi connectivity index (χ2n) is 7.35. The minimum atomic E-state index is -0.0976. The van der Waals surface area contributed by atoms with Gasteiger partial charge < -0.3 is 14.4 Å². The number of amides is 1. The maximum atomic E-state index is 13.2. The highest BCUT2D eigenvalue weighted by molar-refractivity contribution is 5.99. The third-order valence-corrected chi connectivity index (χ3v) is 5.70. The maximum absolute atomic E-state index is 13.2. The van der Waals surface area contributed by atoms with Gasteiger partial charge >= 0.3 is 0 Å². The first-order valence-electron chi connectivity index (χ1n) is 9.67. The number of nitrogens with zero attached hydrogens (tertiary/aromatic N) is 4. The van der Waals surface area contributed by atoms with Gasteiger partial charge in [0.1, 0.15) is 22.9 Å². The van der Waals surface area contributed by atoms with Crippen LogP contribution in [0.3, 0.4) is 0 Å². The van der Waals surface area contributed by atoms with E-state index in [1.165, 1.54) is 6.42 Å². The Morgan fingerprint density at radius 1 is 1.18 bits per heavy atom. The van der Waals surface area contributed by atoms with Crippen molar-refractivity contribution in [3.05, 3.63) is 47.0 Å². The van der Waals surface area contributed by atoms with E-state index in [4.69, 9.17) is 14.5 Å². The number of ether oxygens (including phenoxy) is 2. The standard InChI is InChI=1S/C21H26N4O3/c1-24-10-5-6-16(24)20-22-12-14-13-25(11-9-15(14)23-20)21(26)19-17(27-2)7-4-8-18(19)28-3/h4,7-8,12,16H,5-6,9-11,13H2,1-3H3/t16-/m0/s1. The van der Waals surface area contributed by atoms with E-state index in [2.05, 4.69) is 16.9 Å². The number of carbonyl (C=O) groups is 1. The number of fused-ring (bicyclic) bond motifs is 1. The number of rotatable bonds is 4. The first-order chi connectivity index (χ1) is 13.6. The Labute approximate surface area is 165 Å². The molecule has 2 aromatic rings. The average molecular weight is 382 g/mol. The summed E-state index contributed by atoms with van der Waals surface area (Å²) in [5.41, 5.74) is 2.53. The highest BCUT2D eigenvalue weighted by Crippen LogP contribution is 2.32. The predicted molar refractivity (Wildman–Crippen MR) is 105 cm³/mol. The van der Waals surface area contributed by atoms with Gasteiger partial charge in [0.2, 0.25) is 0 Å². The van der Waals surface area contributed by atoms with Gasteiger partial charge in [0.15, 0.2) is 0 Å². The van der Waals surface area contributed by atoms with Crippen molar-refractivity contribution in [3.63, 3.8) is 0 Å². The van der Waals surface area contributed by atoms with Crippen LogP contribution in [0.5, 0.6) is 11.5 Å². The molecule has 0 radical (unpaired) electrons. The van der Waals surface area contributed by atoms with Crippen LogP contribution in [0.4, 0.5) is 0 Å². The van der Waals surface area contributed by atoms with Crippen LogP contribution in [0, 0.1) is 0 Å². The van der Waals surface area contributed by atoms with Gasteiger partial charge in [0.25, 0.3) is 5.91 Å². The van der Waals surface area contributed by atoms with E-state index in [9.17, 15) is 4.79 Å². The molecule has 1 aromatic heterocycles. The van der Waals surface area contributed by atoms with Gasteiger partial charge in [0, 0.05) is 31.3 Å². The number of hydrogen-bond acceptors (Lipinski definition) is 6. The van der Waals surface area contributed by atoms with E-state index in [-0.39, 0.29) is 5.91 Å². The fourth-order valence-corrected chi connectivity index (χ4v) is 4.12. The van der Waals surface area contributed by atoms with Gasteiger partial charge in [0.05, 0.1) is 26.0 Å². The Balaban J connectivity index is 1.57. The smallest absolute Gasteiger partial charge is 0.261 e. The number of likely N-dealkylation sites (tertiary alicyclic amines) is 1. The molecule has 0 unspecified atom stereocenters. The largest absolute Gasteiger partial charge is 0.496 e. The van der Waals surface area contributed by atoms with Crippen molar-refractivity contribution in [2.24, 2.45) is 0 Å². The van der Waals surface area contributed by atoms with Crippen molar-refractivity contribution in [2.45, 2.75) is 31.8 Å². The number of aromatic nitrogens is 2. The molecule has 1 atom stereocenters. The van der Waals surface area contributed by atoms with Gasteiger partial charge in [-0.2, -0.15) is 0 Å². The van der Waals surface area contributed by atoms with E-state index in [1.807, 2.05) is 17.2 Å². The van der Waals surface area contributed by atoms with E-state index in [0.29, 0.717) is 36.2 Å². The summed E-state index contributed by atoms with van der Waals surface area (Å²) >= 11 is 0. The molecule has 0 aliphatic carbocycles. The van der Waals surface area contributed by atoms with Gasteiger partial charge in [-0.1, -0.05) is 6.07 Å². The molecule has 1 fully saturated rings. The second kappa shape index (κ2) is 7.75. The van der Waals surface area contributed by atoms with Crippen molar-refractivity contribution < 1.29 is 14.3 Å². The summed E-state index contributed by atoms with van der Waals surface area (Å²) in [6.07, 6.45) is 4.91. The molecule has 148 valence electrons. The molecule has 0 saturated carbocycles. The summed E-state index contributed by atoms with van der Waals surface area (Å²) in [5.74, 6) is 1.85. The van der Waals surface area contributed by atoms with Crippen LogP contribution in [-0.2, 0) is 13.0 Å². The molecular formula is C21H26N4O3. The Hall–Kier alpha value is -2.67. The fraction of sp³-hybridized carbons (Fsp3) is 0.476. The van der Waals surface area contributed by atoms with Crippen molar-refractivity contribution in [2.75, 3.05) is 34.4 Å². The van der Waals surface area contributed by atoms with Crippen molar-refractivity contribution in [1.82, 2.24) is 19.8 Å². The van der Waals surface area contributed by atoms with Crippen LogP contribution < -0.4 is 9.47 Å². The van der Waals surface area contributed by atoms with Crippen LogP contribution in [0.15, 0.2) is 24.4 Å². The van der Waals surface area contributed by atoms with Crippen LogP contribution in [0.2, 0.25) is 0 Å². The number of benzene rings is 1. The van der Waals surface area contributed by atoms with E-state index < -0.39 is 0 Å². The van der Waals surface area contributed by atoms with Gasteiger partial charge in [-0.3, -0.25) is 9.69 Å². The molecule has 2 aliphatic heterocycles. The Kier molecular flexibility index (Phi) is 5.17. The normalized spacial score (nSPS) is 19.4. The first-order valence-corrected chi connectivity index (χ1v) is 9.67. The maximum Gasteiger partial charge on any atom is 0.261 e. The number of hydrogen-bond donors (Lipinski definition) is 0. The molecule has 7 heteroatoms. The van der Waals surface area contributed by atoms with E-state index in [1.54, 1.807) is 26.4 Å². The lowest BCUT2D eigenvalue weighted by molar-refractivity contribution is 0.0726. The van der Waals surface area contributed by atoms with Crippen molar-refractivity contribution >= 4 is 5.91 Å². The summed E-state index contributed by atoms with van der Waals surface area (Å²) in [7, 11) is 5.25. The molecule has 1 aromatic carbocycles. The molecule has 0 N–H and O–H groups in total. The van der Waals surface area contributed by atoms with Gasteiger partial charge in [-0.15, -0.1) is 0 Å². The monoisotopic (exact) mass is 382 g/mol. The minimum Gasteiger partial charge on any atom is -0.496 e. The Morgan fingerprint density at radius 3 is 2.57 bits per heavy atom. The Morgan fingerprint density at radius 2 is 1.93 bits per heavy atom. The number of methoxy groups -OCH3 is 2. The molecule has 1 amide bonds. The predicted octanol–water partition coefficient (Wildman–Crippen LogP) is 2.46. The lowest BCUT2D eigenvalue weighted by Crippen LogP contribution is -2.37. The van der Waals surface area contributed by atoms with Crippen LogP contribution in [-0.4, -0.2) is 60.0 Å². The molecule has 0 bridgehead atoms. The van der Waals surface area contributed by atoms with Crippen LogP contribution in [0.1, 0.15) is 46.3 Å². The molecule has 7 nitrogen and oxygen atoms in total. The van der Waals surface area contributed by atoms with Crippen molar-refractivity contribution in [3.8, 4) is 11.5 Å². The lowest BCUT2D eigenvalue weighted by atomic mass is 10.0. The summed E-state index contributed by atoms with van der Waals surface area (Å²) in [4.78, 5) is 26.8. The Bertz CT molecular complexity index is 864. The molecule has 0 spiro atoms. The third kappa shape index (κ3) is 3.30. The minimum absolute atomic E-state index is 0.0976. The third-order valence-electron chi connectivity index (χ3n) is 5.70. The topological polar surface area (TPSA) is 67.8 Å². The zero-order valence-electron chi connectivity index (χ0n) is 16.6. The average Bonchev–Trinajstić information content (AvgIpc) is 3.17. The molecule has 2 aliphatic rings. The fourth-order valence-electron chi connectivity index (χ4n) is 4.12. The zero-order chi connectivity index (χ0) is 19.7.